The lowest BCUT2D eigenvalue weighted by Gasteiger charge is -2.10. The fraction of sp³-hybridized carbons (Fsp3) is 0.400. The van der Waals surface area contributed by atoms with Gasteiger partial charge in [0.05, 0.1) is 18.2 Å². The smallest absolute Gasteiger partial charge is 0.343 e. The van der Waals surface area contributed by atoms with Crippen LogP contribution in [0.15, 0.2) is 10.5 Å². The van der Waals surface area contributed by atoms with Gasteiger partial charge in [-0.25, -0.2) is 4.79 Å². The number of hydrogen-bond donors (Lipinski definition) is 1. The van der Waals surface area contributed by atoms with Gasteiger partial charge in [-0.05, 0) is 28.9 Å². The van der Waals surface area contributed by atoms with Gasteiger partial charge in [-0.1, -0.05) is 0 Å². The van der Waals surface area contributed by atoms with Gasteiger partial charge < -0.3 is 14.8 Å². The van der Waals surface area contributed by atoms with E-state index in [1.54, 1.807) is 20.0 Å². The lowest BCUT2D eigenvalue weighted by molar-refractivity contribution is 0.0522. The summed E-state index contributed by atoms with van der Waals surface area (Å²) in [5, 5.41) is 2.88. The molecule has 1 rings (SSSR count). The van der Waals surface area contributed by atoms with Crippen LogP contribution < -0.4 is 10.1 Å². The molecule has 16 heavy (non-hydrogen) atoms. The van der Waals surface area contributed by atoms with Crippen LogP contribution in [0.4, 0.5) is 5.82 Å². The zero-order valence-corrected chi connectivity index (χ0v) is 10.9. The largest absolute Gasteiger partial charge is 0.480 e. The van der Waals surface area contributed by atoms with Crippen molar-refractivity contribution in [3.05, 3.63) is 16.1 Å². The fourth-order valence-corrected chi connectivity index (χ4v) is 1.67. The Hall–Kier alpha value is -1.30. The first-order chi connectivity index (χ1) is 7.63. The van der Waals surface area contributed by atoms with Crippen LogP contribution in [0.3, 0.4) is 0 Å². The number of methoxy groups -OCH3 is 1. The molecule has 1 N–H and O–H groups in total. The standard InChI is InChI=1S/C10H13BrN2O3/c1-4-16-10(14)6-5-7(11)8(12-2)13-9(6)15-3/h5H,4H2,1-3H3,(H,12,13). The average molecular weight is 289 g/mol. The number of carbonyl (C=O) groups is 1. The summed E-state index contributed by atoms with van der Waals surface area (Å²) in [5.41, 5.74) is 0.301. The number of halogens is 1. The molecule has 0 bridgehead atoms. The van der Waals surface area contributed by atoms with Crippen LogP contribution in [-0.4, -0.2) is 31.7 Å². The number of carbonyl (C=O) groups excluding carboxylic acids is 1. The van der Waals surface area contributed by atoms with Gasteiger partial charge in [0.2, 0.25) is 5.88 Å². The number of esters is 1. The van der Waals surface area contributed by atoms with Gasteiger partial charge in [0, 0.05) is 7.05 Å². The van der Waals surface area contributed by atoms with E-state index >= 15 is 0 Å². The van der Waals surface area contributed by atoms with Crippen LogP contribution >= 0.6 is 15.9 Å². The number of hydrogen-bond acceptors (Lipinski definition) is 5. The molecule has 88 valence electrons. The minimum Gasteiger partial charge on any atom is -0.480 e. The van der Waals surface area contributed by atoms with Crippen molar-refractivity contribution in [1.29, 1.82) is 0 Å². The average Bonchev–Trinajstić information content (AvgIpc) is 2.29. The second-order valence-corrected chi connectivity index (χ2v) is 3.70. The first-order valence-corrected chi connectivity index (χ1v) is 5.52. The molecule has 6 heteroatoms. The van der Waals surface area contributed by atoms with E-state index in [9.17, 15) is 4.79 Å². The molecule has 0 saturated carbocycles. The normalized spacial score (nSPS) is 9.75. The molecule has 1 aromatic rings. The molecule has 0 atom stereocenters. The maximum atomic E-state index is 11.6. The van der Waals surface area contributed by atoms with Crippen molar-refractivity contribution < 1.29 is 14.3 Å². The molecule has 0 saturated heterocycles. The molecule has 5 nitrogen and oxygen atoms in total. The first-order valence-electron chi connectivity index (χ1n) is 4.73. The van der Waals surface area contributed by atoms with E-state index < -0.39 is 5.97 Å². The van der Waals surface area contributed by atoms with Crippen LogP contribution in [0.5, 0.6) is 5.88 Å². The number of nitrogens with one attached hydrogen (secondary N) is 1. The van der Waals surface area contributed by atoms with Crippen molar-refractivity contribution in [2.45, 2.75) is 6.92 Å². The van der Waals surface area contributed by atoms with E-state index in [1.165, 1.54) is 7.11 Å². The highest BCUT2D eigenvalue weighted by atomic mass is 79.9. The molecule has 0 amide bonds. The molecule has 0 aliphatic rings. The Labute approximate surface area is 102 Å². The third-order valence-electron chi connectivity index (χ3n) is 1.87. The number of aromatic nitrogens is 1. The maximum absolute atomic E-state index is 11.6. The van der Waals surface area contributed by atoms with Gasteiger partial charge in [0.1, 0.15) is 11.4 Å². The SMILES string of the molecule is CCOC(=O)c1cc(Br)c(NC)nc1OC. The van der Waals surface area contributed by atoms with E-state index in [1.807, 2.05) is 0 Å². The Morgan fingerprint density at radius 2 is 2.31 bits per heavy atom. The van der Waals surface area contributed by atoms with Crippen LogP contribution in [0.2, 0.25) is 0 Å². The van der Waals surface area contributed by atoms with Gasteiger partial charge in [-0.3, -0.25) is 0 Å². The van der Waals surface area contributed by atoms with E-state index in [2.05, 4.69) is 26.2 Å². The lowest BCUT2D eigenvalue weighted by Crippen LogP contribution is -2.09. The van der Waals surface area contributed by atoms with Crippen LogP contribution in [0, 0.1) is 0 Å². The van der Waals surface area contributed by atoms with Crippen molar-refractivity contribution in [2.24, 2.45) is 0 Å². The molecule has 0 aliphatic heterocycles. The summed E-state index contributed by atoms with van der Waals surface area (Å²) in [6, 6.07) is 1.62. The number of anilines is 1. The summed E-state index contributed by atoms with van der Waals surface area (Å²) in [4.78, 5) is 15.7. The maximum Gasteiger partial charge on any atom is 0.343 e. The van der Waals surface area contributed by atoms with Crippen molar-refractivity contribution in [3.63, 3.8) is 0 Å². The highest BCUT2D eigenvalue weighted by Crippen LogP contribution is 2.27. The third kappa shape index (κ3) is 2.63. The molecular formula is C10H13BrN2O3. The first kappa shape index (κ1) is 12.8. The van der Waals surface area contributed by atoms with Crippen LogP contribution in [0.25, 0.3) is 0 Å². The molecule has 0 radical (unpaired) electrons. The molecular weight excluding hydrogens is 276 g/mol. The predicted octanol–water partition coefficient (Wildman–Crippen LogP) is 2.07. The number of pyridine rings is 1. The predicted molar refractivity (Wildman–Crippen MR) is 64.0 cm³/mol. The van der Waals surface area contributed by atoms with Crippen molar-refractivity contribution in [2.75, 3.05) is 26.1 Å². The summed E-state index contributed by atoms with van der Waals surface area (Å²) in [5.74, 6) is 0.395. The Bertz CT molecular complexity index is 396. The Balaban J connectivity index is 3.17. The van der Waals surface area contributed by atoms with Crippen molar-refractivity contribution in [3.8, 4) is 5.88 Å². The van der Waals surface area contributed by atoms with Crippen molar-refractivity contribution >= 4 is 27.7 Å². The Morgan fingerprint density at radius 3 is 2.81 bits per heavy atom. The number of ether oxygens (including phenoxy) is 2. The molecule has 0 aromatic carbocycles. The topological polar surface area (TPSA) is 60.5 Å². The second kappa shape index (κ2) is 5.69. The highest BCUT2D eigenvalue weighted by Gasteiger charge is 2.17. The molecule has 0 fully saturated rings. The summed E-state index contributed by atoms with van der Waals surface area (Å²) < 4.78 is 10.6. The number of nitrogens with zero attached hydrogens (tertiary/aromatic N) is 1. The van der Waals surface area contributed by atoms with Gasteiger partial charge in [0.15, 0.2) is 0 Å². The minimum atomic E-state index is -0.449. The van der Waals surface area contributed by atoms with E-state index in [4.69, 9.17) is 9.47 Å². The minimum absolute atomic E-state index is 0.242. The fourth-order valence-electron chi connectivity index (χ4n) is 1.16. The lowest BCUT2D eigenvalue weighted by atomic mass is 10.2. The zero-order valence-electron chi connectivity index (χ0n) is 9.33. The van der Waals surface area contributed by atoms with Crippen LogP contribution in [-0.2, 0) is 4.74 Å². The highest BCUT2D eigenvalue weighted by molar-refractivity contribution is 9.10. The Kier molecular flexibility index (Phi) is 4.54. The second-order valence-electron chi connectivity index (χ2n) is 2.85. The summed E-state index contributed by atoms with van der Waals surface area (Å²) in [7, 11) is 3.19. The molecule has 1 heterocycles. The van der Waals surface area contributed by atoms with E-state index in [0.717, 1.165) is 0 Å². The van der Waals surface area contributed by atoms with Gasteiger partial charge >= 0.3 is 5.97 Å². The molecule has 0 aliphatic carbocycles. The zero-order chi connectivity index (χ0) is 12.1. The van der Waals surface area contributed by atoms with Crippen LogP contribution in [0.1, 0.15) is 17.3 Å². The molecule has 0 unspecified atom stereocenters. The van der Waals surface area contributed by atoms with E-state index in [0.29, 0.717) is 22.5 Å². The quantitative estimate of drug-likeness (QED) is 0.860. The molecule has 0 spiro atoms. The van der Waals surface area contributed by atoms with E-state index in [-0.39, 0.29) is 5.88 Å². The number of rotatable bonds is 4. The van der Waals surface area contributed by atoms with Gasteiger partial charge in [-0.2, -0.15) is 4.98 Å². The summed E-state index contributed by atoms with van der Waals surface area (Å²) >= 11 is 3.30. The molecule has 1 aromatic heterocycles. The summed E-state index contributed by atoms with van der Waals surface area (Å²) in [6.07, 6.45) is 0. The monoisotopic (exact) mass is 288 g/mol. The van der Waals surface area contributed by atoms with Gasteiger partial charge in [-0.15, -0.1) is 0 Å². The van der Waals surface area contributed by atoms with Gasteiger partial charge in [0.25, 0.3) is 0 Å². The third-order valence-corrected chi connectivity index (χ3v) is 2.47. The Morgan fingerprint density at radius 1 is 1.62 bits per heavy atom. The van der Waals surface area contributed by atoms with Crippen molar-refractivity contribution in [1.82, 2.24) is 4.98 Å². The summed E-state index contributed by atoms with van der Waals surface area (Å²) in [6.45, 7) is 2.06.